The van der Waals surface area contributed by atoms with Gasteiger partial charge in [0, 0.05) is 25.5 Å². The van der Waals surface area contributed by atoms with Crippen LogP contribution in [-0.4, -0.2) is 50.5 Å². The Hall–Kier alpha value is -2.63. The van der Waals surface area contributed by atoms with Crippen LogP contribution in [-0.2, 0) is 16.1 Å². The zero-order valence-electron chi connectivity index (χ0n) is 15.6. The quantitative estimate of drug-likeness (QED) is 0.801. The largest absolute Gasteiger partial charge is 0.332 e. The maximum absolute atomic E-state index is 12.9. The smallest absolute Gasteiger partial charge is 0.245 e. The summed E-state index contributed by atoms with van der Waals surface area (Å²) in [6.45, 7) is 7.22. The van der Waals surface area contributed by atoms with Crippen molar-refractivity contribution >= 4 is 11.8 Å². The first-order valence-electron chi connectivity index (χ1n) is 9.17. The molecule has 1 fully saturated rings. The molecule has 1 aliphatic heterocycles. The average molecular weight is 354 g/mol. The van der Waals surface area contributed by atoms with Crippen molar-refractivity contribution in [2.45, 2.75) is 39.8 Å². The number of aromatic nitrogens is 2. The zero-order chi connectivity index (χ0) is 18.7. The summed E-state index contributed by atoms with van der Waals surface area (Å²) in [5.41, 5.74) is 1.91. The molecule has 0 spiro atoms. The second-order valence-corrected chi connectivity index (χ2v) is 7.10. The molecule has 2 heterocycles. The standard InChI is InChI=1S/C20H26N4O2/c1-4-22-14-19(25)23(18(20(22)26)12-15(2)3)13-16-8-5-6-9-17(16)24-11-7-10-21-24/h5-11,15,18H,4,12-14H2,1-3H3/t18-/m0/s1. The number of amides is 2. The minimum Gasteiger partial charge on any atom is -0.332 e. The fourth-order valence-corrected chi connectivity index (χ4v) is 3.45. The number of rotatable bonds is 6. The number of hydrogen-bond acceptors (Lipinski definition) is 3. The normalized spacial score (nSPS) is 18.1. The summed E-state index contributed by atoms with van der Waals surface area (Å²) >= 11 is 0. The Morgan fingerprint density at radius 1 is 1.19 bits per heavy atom. The average Bonchev–Trinajstić information content (AvgIpc) is 3.15. The fraction of sp³-hybridized carbons (Fsp3) is 0.450. The summed E-state index contributed by atoms with van der Waals surface area (Å²) in [4.78, 5) is 29.1. The van der Waals surface area contributed by atoms with E-state index < -0.39 is 6.04 Å². The van der Waals surface area contributed by atoms with Crippen molar-refractivity contribution in [2.75, 3.05) is 13.1 Å². The van der Waals surface area contributed by atoms with Crippen LogP contribution in [0.5, 0.6) is 0 Å². The number of carbonyl (C=O) groups is 2. The van der Waals surface area contributed by atoms with Gasteiger partial charge in [0.15, 0.2) is 0 Å². The monoisotopic (exact) mass is 354 g/mol. The molecule has 26 heavy (non-hydrogen) atoms. The number of nitrogens with zero attached hydrogens (tertiary/aromatic N) is 4. The molecule has 0 N–H and O–H groups in total. The maximum atomic E-state index is 12.9. The van der Waals surface area contributed by atoms with Gasteiger partial charge in [-0.1, -0.05) is 32.0 Å². The number of benzene rings is 1. The second-order valence-electron chi connectivity index (χ2n) is 7.10. The van der Waals surface area contributed by atoms with Gasteiger partial charge in [-0.15, -0.1) is 0 Å². The van der Waals surface area contributed by atoms with Gasteiger partial charge in [0.1, 0.15) is 6.04 Å². The van der Waals surface area contributed by atoms with Crippen LogP contribution in [0.4, 0.5) is 0 Å². The van der Waals surface area contributed by atoms with Crippen LogP contribution >= 0.6 is 0 Å². The molecule has 0 bridgehead atoms. The zero-order valence-corrected chi connectivity index (χ0v) is 15.6. The van der Waals surface area contributed by atoms with Crippen LogP contribution in [0.25, 0.3) is 5.69 Å². The van der Waals surface area contributed by atoms with E-state index in [0.29, 0.717) is 25.4 Å². The van der Waals surface area contributed by atoms with Crippen molar-refractivity contribution in [1.82, 2.24) is 19.6 Å². The van der Waals surface area contributed by atoms with Gasteiger partial charge in [0.05, 0.1) is 12.2 Å². The number of carbonyl (C=O) groups excluding carboxylic acids is 2. The minimum atomic E-state index is -0.401. The molecule has 0 saturated carbocycles. The first kappa shape index (κ1) is 18.2. The topological polar surface area (TPSA) is 58.4 Å². The highest BCUT2D eigenvalue weighted by atomic mass is 16.2. The van der Waals surface area contributed by atoms with Gasteiger partial charge in [0.2, 0.25) is 11.8 Å². The number of para-hydroxylation sites is 1. The van der Waals surface area contributed by atoms with Gasteiger partial charge >= 0.3 is 0 Å². The van der Waals surface area contributed by atoms with Crippen molar-refractivity contribution in [3.63, 3.8) is 0 Å². The van der Waals surface area contributed by atoms with E-state index in [1.807, 2.05) is 43.5 Å². The van der Waals surface area contributed by atoms with E-state index in [9.17, 15) is 9.59 Å². The Morgan fingerprint density at radius 2 is 1.96 bits per heavy atom. The van der Waals surface area contributed by atoms with Gasteiger partial charge < -0.3 is 9.80 Å². The molecule has 3 rings (SSSR count). The highest BCUT2D eigenvalue weighted by Gasteiger charge is 2.39. The molecule has 0 aliphatic carbocycles. The first-order chi connectivity index (χ1) is 12.5. The SMILES string of the molecule is CCN1CC(=O)N(Cc2ccccc2-n2cccn2)[C@@H](CC(C)C)C1=O. The molecule has 2 amide bonds. The molecule has 6 heteroatoms. The number of hydrogen-bond donors (Lipinski definition) is 0. The highest BCUT2D eigenvalue weighted by Crippen LogP contribution is 2.24. The molecule has 0 radical (unpaired) electrons. The molecule has 1 aromatic heterocycles. The van der Waals surface area contributed by atoms with Crippen LogP contribution in [0.15, 0.2) is 42.7 Å². The summed E-state index contributed by atoms with van der Waals surface area (Å²) in [6, 6.07) is 9.35. The lowest BCUT2D eigenvalue weighted by molar-refractivity contribution is -0.157. The van der Waals surface area contributed by atoms with Crippen molar-refractivity contribution < 1.29 is 9.59 Å². The summed E-state index contributed by atoms with van der Waals surface area (Å²) < 4.78 is 1.79. The van der Waals surface area contributed by atoms with Crippen molar-refractivity contribution in [2.24, 2.45) is 5.92 Å². The molecule has 138 valence electrons. The third kappa shape index (κ3) is 3.64. The van der Waals surface area contributed by atoms with Gasteiger partial charge in [-0.05, 0) is 37.0 Å². The first-order valence-corrected chi connectivity index (χ1v) is 9.17. The Balaban J connectivity index is 1.92. The molecule has 2 aromatic rings. The van der Waals surface area contributed by atoms with Crippen molar-refractivity contribution in [3.8, 4) is 5.69 Å². The van der Waals surface area contributed by atoms with E-state index in [2.05, 4.69) is 18.9 Å². The molecule has 6 nitrogen and oxygen atoms in total. The van der Waals surface area contributed by atoms with E-state index >= 15 is 0 Å². The predicted molar refractivity (Wildman–Crippen MR) is 99.6 cm³/mol. The van der Waals surface area contributed by atoms with Crippen LogP contribution < -0.4 is 0 Å². The second kappa shape index (κ2) is 7.72. The highest BCUT2D eigenvalue weighted by molar-refractivity contribution is 5.94. The Bertz CT molecular complexity index is 770. The lowest BCUT2D eigenvalue weighted by Crippen LogP contribution is -2.59. The molecule has 1 aromatic carbocycles. The number of piperazine rings is 1. The number of likely N-dealkylation sites (N-methyl/N-ethyl adjacent to an activating group) is 1. The maximum Gasteiger partial charge on any atom is 0.245 e. The van der Waals surface area contributed by atoms with E-state index in [-0.39, 0.29) is 18.4 Å². The van der Waals surface area contributed by atoms with E-state index in [1.165, 1.54) is 0 Å². The molecular weight excluding hydrogens is 328 g/mol. The molecular formula is C20H26N4O2. The summed E-state index contributed by atoms with van der Waals surface area (Å²) in [5, 5.41) is 4.30. The van der Waals surface area contributed by atoms with Crippen LogP contribution in [0, 0.1) is 5.92 Å². The Labute approximate surface area is 154 Å². The van der Waals surface area contributed by atoms with E-state index in [4.69, 9.17) is 0 Å². The van der Waals surface area contributed by atoms with Crippen molar-refractivity contribution in [3.05, 3.63) is 48.3 Å². The Kier molecular flexibility index (Phi) is 5.40. The lowest BCUT2D eigenvalue weighted by Gasteiger charge is -2.41. The Morgan fingerprint density at radius 3 is 2.62 bits per heavy atom. The minimum absolute atomic E-state index is 0.00682. The molecule has 1 saturated heterocycles. The van der Waals surface area contributed by atoms with Crippen LogP contribution in [0.3, 0.4) is 0 Å². The van der Waals surface area contributed by atoms with E-state index in [0.717, 1.165) is 11.3 Å². The van der Waals surface area contributed by atoms with Crippen molar-refractivity contribution in [1.29, 1.82) is 0 Å². The summed E-state index contributed by atoms with van der Waals surface area (Å²) in [5.74, 6) is 0.391. The van der Waals surface area contributed by atoms with Gasteiger partial charge in [-0.2, -0.15) is 5.10 Å². The predicted octanol–water partition coefficient (Wildman–Crippen LogP) is 2.48. The van der Waals surface area contributed by atoms with Gasteiger partial charge in [0.25, 0.3) is 0 Å². The third-order valence-electron chi connectivity index (χ3n) is 4.78. The molecule has 0 unspecified atom stereocenters. The lowest BCUT2D eigenvalue weighted by atomic mass is 9.98. The summed E-state index contributed by atoms with van der Waals surface area (Å²) in [7, 11) is 0. The van der Waals surface area contributed by atoms with E-state index in [1.54, 1.807) is 20.7 Å². The van der Waals surface area contributed by atoms with Crippen LogP contribution in [0.2, 0.25) is 0 Å². The molecule has 1 atom stereocenters. The van der Waals surface area contributed by atoms with Gasteiger partial charge in [-0.25, -0.2) is 4.68 Å². The summed E-state index contributed by atoms with van der Waals surface area (Å²) in [6.07, 6.45) is 4.28. The fourth-order valence-electron chi connectivity index (χ4n) is 3.45. The van der Waals surface area contributed by atoms with Gasteiger partial charge in [-0.3, -0.25) is 9.59 Å². The third-order valence-corrected chi connectivity index (χ3v) is 4.78. The molecule has 1 aliphatic rings. The van der Waals surface area contributed by atoms with Crippen LogP contribution in [0.1, 0.15) is 32.8 Å².